The van der Waals surface area contributed by atoms with Crippen LogP contribution in [0.5, 0.6) is 0 Å². The Bertz CT molecular complexity index is 692. The molecule has 2 aromatic heterocycles. The highest BCUT2D eigenvalue weighted by molar-refractivity contribution is 5.79. The van der Waals surface area contributed by atoms with Crippen molar-refractivity contribution in [3.8, 4) is 11.3 Å². The Morgan fingerprint density at radius 3 is 3.00 bits per heavy atom. The number of aryl methyl sites for hydroxylation is 1. The molecular formula is C11H9N3O2. The van der Waals surface area contributed by atoms with Gasteiger partial charge in [0.25, 0.3) is 0 Å². The van der Waals surface area contributed by atoms with Crippen LogP contribution in [0.2, 0.25) is 0 Å². The molecule has 5 nitrogen and oxygen atoms in total. The molecule has 16 heavy (non-hydrogen) atoms. The van der Waals surface area contributed by atoms with Gasteiger partial charge in [-0.25, -0.2) is 4.79 Å². The smallest absolute Gasteiger partial charge is 0.408 e. The lowest BCUT2D eigenvalue weighted by Crippen LogP contribution is -2.08. The fourth-order valence-corrected chi connectivity index (χ4v) is 1.72. The Labute approximate surface area is 90.3 Å². The number of nitrogens with one attached hydrogen (secondary N) is 1. The van der Waals surface area contributed by atoms with Gasteiger partial charge in [-0.2, -0.15) is 5.10 Å². The second-order valence-corrected chi connectivity index (χ2v) is 3.58. The summed E-state index contributed by atoms with van der Waals surface area (Å²) >= 11 is 0. The van der Waals surface area contributed by atoms with Gasteiger partial charge >= 0.3 is 5.76 Å². The first kappa shape index (κ1) is 8.96. The van der Waals surface area contributed by atoms with Gasteiger partial charge in [-0.1, -0.05) is 6.07 Å². The molecule has 3 aromatic rings. The van der Waals surface area contributed by atoms with Gasteiger partial charge in [-0.15, -0.1) is 0 Å². The maximum atomic E-state index is 11.3. The van der Waals surface area contributed by atoms with E-state index in [9.17, 15) is 4.79 Å². The number of oxazole rings is 1. The SMILES string of the molecule is Cn1c(=O)oc2cc(-c3ccn[nH]3)ccc21. The molecule has 0 saturated carbocycles. The van der Waals surface area contributed by atoms with Crippen LogP contribution in [0.3, 0.4) is 0 Å². The van der Waals surface area contributed by atoms with Crippen LogP contribution in [0.25, 0.3) is 22.4 Å². The molecular weight excluding hydrogens is 206 g/mol. The Hall–Kier alpha value is -2.30. The van der Waals surface area contributed by atoms with Gasteiger partial charge in [0.1, 0.15) is 0 Å². The summed E-state index contributed by atoms with van der Waals surface area (Å²) in [6.07, 6.45) is 1.68. The Balaban J connectivity index is 2.28. The maximum absolute atomic E-state index is 11.3. The number of hydrogen-bond donors (Lipinski definition) is 1. The molecule has 0 spiro atoms. The molecule has 0 aliphatic carbocycles. The molecule has 0 bridgehead atoms. The van der Waals surface area contributed by atoms with Crippen molar-refractivity contribution in [1.82, 2.24) is 14.8 Å². The fraction of sp³-hybridized carbons (Fsp3) is 0.0909. The zero-order chi connectivity index (χ0) is 11.1. The first-order chi connectivity index (χ1) is 7.75. The zero-order valence-corrected chi connectivity index (χ0v) is 8.60. The van der Waals surface area contributed by atoms with Crippen molar-refractivity contribution in [2.24, 2.45) is 7.05 Å². The highest BCUT2D eigenvalue weighted by Crippen LogP contribution is 2.21. The highest BCUT2D eigenvalue weighted by atomic mass is 16.4. The van der Waals surface area contributed by atoms with Gasteiger partial charge in [0.05, 0.1) is 11.2 Å². The van der Waals surface area contributed by atoms with Gasteiger partial charge in [0.15, 0.2) is 5.58 Å². The molecule has 5 heteroatoms. The third-order valence-electron chi connectivity index (χ3n) is 2.60. The number of aromatic amines is 1. The lowest BCUT2D eigenvalue weighted by Gasteiger charge is -1.96. The maximum Gasteiger partial charge on any atom is 0.419 e. The Kier molecular flexibility index (Phi) is 1.73. The molecule has 1 aromatic carbocycles. The Morgan fingerprint density at radius 1 is 1.38 bits per heavy atom. The van der Waals surface area contributed by atoms with Crippen LogP contribution in [-0.2, 0) is 7.05 Å². The van der Waals surface area contributed by atoms with Crippen molar-refractivity contribution in [2.45, 2.75) is 0 Å². The third kappa shape index (κ3) is 1.18. The van der Waals surface area contributed by atoms with E-state index in [1.807, 2.05) is 24.3 Å². The van der Waals surface area contributed by atoms with E-state index in [-0.39, 0.29) is 5.76 Å². The number of nitrogens with zero attached hydrogens (tertiary/aromatic N) is 2. The van der Waals surface area contributed by atoms with E-state index in [2.05, 4.69) is 10.2 Å². The van der Waals surface area contributed by atoms with Crippen LogP contribution < -0.4 is 5.76 Å². The van der Waals surface area contributed by atoms with E-state index in [0.717, 1.165) is 16.8 Å². The zero-order valence-electron chi connectivity index (χ0n) is 8.60. The second-order valence-electron chi connectivity index (χ2n) is 3.58. The summed E-state index contributed by atoms with van der Waals surface area (Å²) in [5.41, 5.74) is 3.21. The average Bonchev–Trinajstić information content (AvgIpc) is 2.88. The minimum atomic E-state index is -0.350. The van der Waals surface area contributed by atoms with Crippen molar-refractivity contribution in [3.05, 3.63) is 41.0 Å². The molecule has 1 N–H and O–H groups in total. The summed E-state index contributed by atoms with van der Waals surface area (Å²) in [6.45, 7) is 0. The van der Waals surface area contributed by atoms with E-state index in [0.29, 0.717) is 5.58 Å². The van der Waals surface area contributed by atoms with Crippen LogP contribution in [0.15, 0.2) is 39.7 Å². The summed E-state index contributed by atoms with van der Waals surface area (Å²) in [7, 11) is 1.68. The van der Waals surface area contributed by atoms with Crippen LogP contribution in [0.1, 0.15) is 0 Å². The van der Waals surface area contributed by atoms with Crippen LogP contribution >= 0.6 is 0 Å². The fourth-order valence-electron chi connectivity index (χ4n) is 1.72. The number of hydrogen-bond acceptors (Lipinski definition) is 3. The molecule has 2 heterocycles. The van der Waals surface area contributed by atoms with Gasteiger partial charge in [0.2, 0.25) is 0 Å². The molecule has 0 radical (unpaired) electrons. The quantitative estimate of drug-likeness (QED) is 0.669. The third-order valence-corrected chi connectivity index (χ3v) is 2.60. The minimum absolute atomic E-state index is 0.350. The van der Waals surface area contributed by atoms with Gasteiger partial charge in [-0.3, -0.25) is 9.67 Å². The van der Waals surface area contributed by atoms with E-state index in [1.165, 1.54) is 4.57 Å². The molecule has 0 aliphatic rings. The van der Waals surface area contributed by atoms with Crippen molar-refractivity contribution in [1.29, 1.82) is 0 Å². The monoisotopic (exact) mass is 215 g/mol. The van der Waals surface area contributed by atoms with Crippen LogP contribution in [0, 0.1) is 0 Å². The normalized spacial score (nSPS) is 11.1. The average molecular weight is 215 g/mol. The topological polar surface area (TPSA) is 63.8 Å². The molecule has 0 fully saturated rings. The number of H-pyrrole nitrogens is 1. The van der Waals surface area contributed by atoms with E-state index >= 15 is 0 Å². The molecule has 0 aliphatic heterocycles. The minimum Gasteiger partial charge on any atom is -0.408 e. The number of aromatic nitrogens is 3. The molecule has 0 atom stereocenters. The summed E-state index contributed by atoms with van der Waals surface area (Å²) in [6, 6.07) is 7.47. The summed E-state index contributed by atoms with van der Waals surface area (Å²) < 4.78 is 6.59. The predicted molar refractivity (Wildman–Crippen MR) is 59.0 cm³/mol. The van der Waals surface area contributed by atoms with Crippen LogP contribution in [-0.4, -0.2) is 14.8 Å². The first-order valence-corrected chi connectivity index (χ1v) is 4.85. The molecule has 0 amide bonds. The van der Waals surface area contributed by atoms with E-state index < -0.39 is 0 Å². The Morgan fingerprint density at radius 2 is 2.25 bits per heavy atom. The molecule has 80 valence electrons. The van der Waals surface area contributed by atoms with Gasteiger partial charge in [-0.05, 0) is 18.2 Å². The van der Waals surface area contributed by atoms with Crippen molar-refractivity contribution in [2.75, 3.05) is 0 Å². The summed E-state index contributed by atoms with van der Waals surface area (Å²) in [5.74, 6) is -0.350. The van der Waals surface area contributed by atoms with Gasteiger partial charge < -0.3 is 4.42 Å². The predicted octanol–water partition coefficient (Wildman–Crippen LogP) is 1.52. The van der Waals surface area contributed by atoms with Crippen LogP contribution in [0.4, 0.5) is 0 Å². The van der Waals surface area contributed by atoms with E-state index in [4.69, 9.17) is 4.42 Å². The molecule has 3 rings (SSSR count). The number of benzene rings is 1. The van der Waals surface area contributed by atoms with Gasteiger partial charge in [0, 0.05) is 18.8 Å². The second kappa shape index (κ2) is 3.10. The standard InChI is InChI=1S/C11H9N3O2/c1-14-9-3-2-7(8-4-5-12-13-8)6-10(9)16-11(14)15/h2-6H,1H3,(H,12,13). The lowest BCUT2D eigenvalue weighted by atomic mass is 10.1. The van der Waals surface area contributed by atoms with Crippen molar-refractivity contribution >= 4 is 11.1 Å². The largest absolute Gasteiger partial charge is 0.419 e. The summed E-state index contributed by atoms with van der Waals surface area (Å²) in [4.78, 5) is 11.3. The first-order valence-electron chi connectivity index (χ1n) is 4.85. The molecule has 0 unspecified atom stereocenters. The number of fused-ring (bicyclic) bond motifs is 1. The van der Waals surface area contributed by atoms with Crippen molar-refractivity contribution < 1.29 is 4.42 Å². The number of rotatable bonds is 1. The highest BCUT2D eigenvalue weighted by Gasteiger charge is 2.07. The summed E-state index contributed by atoms with van der Waals surface area (Å²) in [5, 5.41) is 6.74. The van der Waals surface area contributed by atoms with Crippen molar-refractivity contribution in [3.63, 3.8) is 0 Å². The lowest BCUT2D eigenvalue weighted by molar-refractivity contribution is 0.528. The van der Waals surface area contributed by atoms with E-state index in [1.54, 1.807) is 13.2 Å². The molecule has 0 saturated heterocycles.